The second-order valence-electron chi connectivity index (χ2n) is 5.84. The molecule has 2 aromatic carbocycles. The van der Waals surface area contributed by atoms with Gasteiger partial charge < -0.3 is 14.2 Å². The molecule has 7 nitrogen and oxygen atoms in total. The molecular formula is C19H20N2O5. The van der Waals surface area contributed by atoms with E-state index in [0.29, 0.717) is 30.1 Å². The molecule has 26 heavy (non-hydrogen) atoms. The Hall–Kier alpha value is -3.22. The zero-order valence-electron chi connectivity index (χ0n) is 14.4. The third-order valence-corrected chi connectivity index (χ3v) is 3.79. The van der Waals surface area contributed by atoms with Gasteiger partial charge in [0, 0.05) is 12.0 Å². The Labute approximate surface area is 151 Å². The van der Waals surface area contributed by atoms with Crippen LogP contribution in [0.2, 0.25) is 0 Å². The molecule has 1 heterocycles. The first-order valence-electron chi connectivity index (χ1n) is 8.30. The molecule has 0 fully saturated rings. The second kappa shape index (κ2) is 8.24. The van der Waals surface area contributed by atoms with E-state index in [4.69, 9.17) is 14.2 Å². The lowest BCUT2D eigenvalue weighted by Gasteiger charge is -2.09. The Morgan fingerprint density at radius 1 is 1.04 bits per heavy atom. The average Bonchev–Trinajstić information content (AvgIpc) is 3.12. The highest BCUT2D eigenvalue weighted by Gasteiger charge is 2.16. The quantitative estimate of drug-likeness (QED) is 0.613. The van der Waals surface area contributed by atoms with Gasteiger partial charge in [-0.2, -0.15) is 0 Å². The Morgan fingerprint density at radius 3 is 2.62 bits per heavy atom. The Balaban J connectivity index is 1.36. The van der Waals surface area contributed by atoms with Crippen LogP contribution in [0.4, 0.5) is 0 Å². The Morgan fingerprint density at radius 2 is 1.81 bits per heavy atom. The molecule has 0 aromatic heterocycles. The summed E-state index contributed by atoms with van der Waals surface area (Å²) < 4.78 is 16.0. The van der Waals surface area contributed by atoms with Crippen molar-refractivity contribution in [2.75, 3.05) is 13.4 Å². The number of aryl methyl sites for hydroxylation is 1. The van der Waals surface area contributed by atoms with Crippen molar-refractivity contribution in [2.45, 2.75) is 19.8 Å². The number of nitrogens with one attached hydrogen (secondary N) is 2. The van der Waals surface area contributed by atoms with Gasteiger partial charge in [-0.15, -0.1) is 0 Å². The highest BCUT2D eigenvalue weighted by molar-refractivity contribution is 5.96. The van der Waals surface area contributed by atoms with E-state index in [9.17, 15) is 9.59 Å². The minimum Gasteiger partial charge on any atom is -0.494 e. The van der Waals surface area contributed by atoms with Crippen LogP contribution in [0.15, 0.2) is 42.5 Å². The predicted octanol–water partition coefficient (Wildman–Crippen LogP) is 2.34. The summed E-state index contributed by atoms with van der Waals surface area (Å²) in [5, 5.41) is 0. The largest absolute Gasteiger partial charge is 0.494 e. The van der Waals surface area contributed by atoms with Crippen molar-refractivity contribution in [1.29, 1.82) is 0 Å². The molecule has 3 rings (SSSR count). The van der Waals surface area contributed by atoms with E-state index in [1.165, 1.54) is 0 Å². The second-order valence-corrected chi connectivity index (χ2v) is 5.84. The molecular weight excluding hydrogens is 336 g/mol. The highest BCUT2D eigenvalue weighted by atomic mass is 16.7. The number of fused-ring (bicyclic) bond motifs is 1. The molecule has 0 atom stereocenters. The van der Waals surface area contributed by atoms with Crippen LogP contribution in [-0.2, 0) is 4.79 Å². The first kappa shape index (κ1) is 17.6. The Bertz CT molecular complexity index is 789. The standard InChI is InChI=1S/C19H20N2O5/c1-13-4-7-15(8-5-13)24-10-2-3-18(22)20-21-19(23)14-6-9-16-17(11-14)26-12-25-16/h4-9,11H,2-3,10,12H2,1H3,(H,20,22)(H,21,23). The maximum Gasteiger partial charge on any atom is 0.269 e. The van der Waals surface area contributed by atoms with E-state index in [2.05, 4.69) is 10.9 Å². The van der Waals surface area contributed by atoms with E-state index >= 15 is 0 Å². The summed E-state index contributed by atoms with van der Waals surface area (Å²) in [5.41, 5.74) is 6.30. The molecule has 2 amide bonds. The van der Waals surface area contributed by atoms with Crippen molar-refractivity contribution in [3.63, 3.8) is 0 Å². The van der Waals surface area contributed by atoms with E-state index in [1.807, 2.05) is 31.2 Å². The van der Waals surface area contributed by atoms with Gasteiger partial charge in [-0.25, -0.2) is 0 Å². The van der Waals surface area contributed by atoms with Crippen molar-refractivity contribution >= 4 is 11.8 Å². The lowest BCUT2D eigenvalue weighted by atomic mass is 10.2. The number of rotatable bonds is 6. The lowest BCUT2D eigenvalue weighted by Crippen LogP contribution is -2.41. The smallest absolute Gasteiger partial charge is 0.269 e. The van der Waals surface area contributed by atoms with Crippen molar-refractivity contribution in [1.82, 2.24) is 10.9 Å². The van der Waals surface area contributed by atoms with Crippen LogP contribution in [0.1, 0.15) is 28.8 Å². The number of hydrazine groups is 1. The molecule has 1 aliphatic rings. The maximum atomic E-state index is 12.0. The molecule has 0 aliphatic carbocycles. The van der Waals surface area contributed by atoms with Crippen molar-refractivity contribution in [3.8, 4) is 17.2 Å². The monoisotopic (exact) mass is 356 g/mol. The van der Waals surface area contributed by atoms with Gasteiger partial charge in [0.15, 0.2) is 11.5 Å². The zero-order valence-corrected chi connectivity index (χ0v) is 14.4. The van der Waals surface area contributed by atoms with Crippen molar-refractivity contribution < 1.29 is 23.8 Å². The minimum atomic E-state index is -0.424. The van der Waals surface area contributed by atoms with Crippen LogP contribution < -0.4 is 25.1 Å². The number of benzene rings is 2. The molecule has 2 N–H and O–H groups in total. The average molecular weight is 356 g/mol. The highest BCUT2D eigenvalue weighted by Crippen LogP contribution is 2.32. The van der Waals surface area contributed by atoms with Crippen molar-refractivity contribution in [3.05, 3.63) is 53.6 Å². The minimum absolute atomic E-state index is 0.141. The number of ether oxygens (including phenoxy) is 3. The van der Waals surface area contributed by atoms with Crippen LogP contribution in [0.5, 0.6) is 17.2 Å². The van der Waals surface area contributed by atoms with Gasteiger partial charge in [0.2, 0.25) is 12.7 Å². The summed E-state index contributed by atoms with van der Waals surface area (Å²) in [6, 6.07) is 12.5. The maximum absolute atomic E-state index is 12.0. The van der Waals surface area contributed by atoms with E-state index in [1.54, 1.807) is 18.2 Å². The van der Waals surface area contributed by atoms with Gasteiger partial charge in [0.05, 0.1) is 6.61 Å². The summed E-state index contributed by atoms with van der Waals surface area (Å²) in [5.74, 6) is 1.17. The normalized spacial score (nSPS) is 11.7. The number of carbonyl (C=O) groups excluding carboxylic acids is 2. The molecule has 0 radical (unpaired) electrons. The third-order valence-electron chi connectivity index (χ3n) is 3.79. The number of carbonyl (C=O) groups is 2. The molecule has 0 saturated carbocycles. The van der Waals surface area contributed by atoms with Crippen LogP contribution in [0.3, 0.4) is 0 Å². The van der Waals surface area contributed by atoms with Crippen LogP contribution in [0.25, 0.3) is 0 Å². The summed E-state index contributed by atoms with van der Waals surface area (Å²) in [7, 11) is 0. The summed E-state index contributed by atoms with van der Waals surface area (Å²) in [6.07, 6.45) is 0.785. The lowest BCUT2D eigenvalue weighted by molar-refractivity contribution is -0.122. The first-order chi connectivity index (χ1) is 12.6. The topological polar surface area (TPSA) is 85.9 Å². The van der Waals surface area contributed by atoms with Crippen LogP contribution in [-0.4, -0.2) is 25.2 Å². The van der Waals surface area contributed by atoms with Gasteiger partial charge in [-0.3, -0.25) is 20.4 Å². The number of hydrogen-bond acceptors (Lipinski definition) is 5. The van der Waals surface area contributed by atoms with Gasteiger partial charge >= 0.3 is 0 Å². The molecule has 1 aliphatic heterocycles. The summed E-state index contributed by atoms with van der Waals surface area (Å²) in [6.45, 7) is 2.57. The third kappa shape index (κ3) is 4.66. The molecule has 0 unspecified atom stereocenters. The van der Waals surface area contributed by atoms with Gasteiger partial charge in [0.25, 0.3) is 5.91 Å². The van der Waals surface area contributed by atoms with Gasteiger partial charge in [-0.1, -0.05) is 17.7 Å². The molecule has 0 saturated heterocycles. The number of hydrogen-bond donors (Lipinski definition) is 2. The fourth-order valence-electron chi connectivity index (χ4n) is 2.36. The fourth-order valence-corrected chi connectivity index (χ4v) is 2.36. The van der Waals surface area contributed by atoms with E-state index in [0.717, 1.165) is 11.3 Å². The zero-order chi connectivity index (χ0) is 18.4. The van der Waals surface area contributed by atoms with E-state index in [-0.39, 0.29) is 19.1 Å². The molecule has 136 valence electrons. The SMILES string of the molecule is Cc1ccc(OCCCC(=O)NNC(=O)c2ccc3c(c2)OCO3)cc1. The van der Waals surface area contributed by atoms with E-state index < -0.39 is 5.91 Å². The van der Waals surface area contributed by atoms with Crippen LogP contribution in [0, 0.1) is 6.92 Å². The molecule has 7 heteroatoms. The molecule has 0 spiro atoms. The van der Waals surface area contributed by atoms with Crippen LogP contribution >= 0.6 is 0 Å². The predicted molar refractivity (Wildman–Crippen MR) is 94.1 cm³/mol. The Kier molecular flexibility index (Phi) is 5.58. The van der Waals surface area contributed by atoms with Crippen molar-refractivity contribution in [2.24, 2.45) is 0 Å². The molecule has 0 bridgehead atoms. The summed E-state index contributed by atoms with van der Waals surface area (Å²) in [4.78, 5) is 23.8. The van der Waals surface area contributed by atoms with Gasteiger partial charge in [0.1, 0.15) is 5.75 Å². The fraction of sp³-hybridized carbons (Fsp3) is 0.263. The molecule has 2 aromatic rings. The van der Waals surface area contributed by atoms with Gasteiger partial charge in [-0.05, 0) is 43.7 Å². The number of amides is 2. The summed E-state index contributed by atoms with van der Waals surface area (Å²) >= 11 is 0. The first-order valence-corrected chi connectivity index (χ1v) is 8.30.